The lowest BCUT2D eigenvalue weighted by Crippen LogP contribution is -1.94. The van der Waals surface area contributed by atoms with Gasteiger partial charge < -0.3 is 0 Å². The van der Waals surface area contributed by atoms with Gasteiger partial charge in [-0.2, -0.15) is 0 Å². The fourth-order valence-corrected chi connectivity index (χ4v) is 4.78. The molecule has 0 spiro atoms. The Hall–Kier alpha value is -4.37. The molecule has 0 fully saturated rings. The highest BCUT2D eigenvalue weighted by Crippen LogP contribution is 2.45. The maximum atomic E-state index is 13.9. The summed E-state index contributed by atoms with van der Waals surface area (Å²) in [6.45, 7) is 0. The predicted octanol–water partition coefficient (Wildman–Crippen LogP) is 9.41. The normalized spacial score (nSPS) is 11.3. The second-order valence-electron chi connectivity index (χ2n) is 8.62. The molecule has 0 aromatic heterocycles. The Labute approximate surface area is 200 Å². The monoisotopic (exact) mass is 460 g/mol. The molecule has 0 amide bonds. The van der Waals surface area contributed by atoms with Crippen LogP contribution in [0.5, 0.6) is 0 Å². The Morgan fingerprint density at radius 1 is 0.371 bits per heavy atom. The van der Waals surface area contributed by atoms with E-state index in [9.17, 15) is 13.2 Å². The van der Waals surface area contributed by atoms with Gasteiger partial charge in [-0.1, -0.05) is 60.7 Å². The standard InChI is InChI=1S/C32H19F3/c33-26-11-5-20(6-12-26)29-19-25-17-23-3-1-2-4-24(23)18-30(25)32(22-9-15-28(35)16-10-22)31(29)21-7-13-27(34)14-8-21/h1-19H. The lowest BCUT2D eigenvalue weighted by molar-refractivity contribution is 0.627. The molecule has 0 aliphatic carbocycles. The van der Waals surface area contributed by atoms with E-state index in [1.54, 1.807) is 36.4 Å². The summed E-state index contributed by atoms with van der Waals surface area (Å²) < 4.78 is 41.6. The van der Waals surface area contributed by atoms with E-state index in [-0.39, 0.29) is 17.5 Å². The Kier molecular flexibility index (Phi) is 5.11. The van der Waals surface area contributed by atoms with Gasteiger partial charge in [0.05, 0.1) is 0 Å². The third-order valence-corrected chi connectivity index (χ3v) is 6.43. The molecule has 3 heteroatoms. The molecule has 6 aromatic carbocycles. The van der Waals surface area contributed by atoms with Gasteiger partial charge in [0.2, 0.25) is 0 Å². The Balaban J connectivity index is 1.80. The number of hydrogen-bond acceptors (Lipinski definition) is 0. The molecule has 6 aromatic rings. The van der Waals surface area contributed by atoms with Crippen LogP contribution in [-0.2, 0) is 0 Å². The van der Waals surface area contributed by atoms with Gasteiger partial charge in [0.1, 0.15) is 17.5 Å². The lowest BCUT2D eigenvalue weighted by Gasteiger charge is -2.20. The third-order valence-electron chi connectivity index (χ3n) is 6.43. The zero-order chi connectivity index (χ0) is 23.9. The molecule has 0 saturated heterocycles. The van der Waals surface area contributed by atoms with Gasteiger partial charge in [-0.15, -0.1) is 0 Å². The summed E-state index contributed by atoms with van der Waals surface area (Å²) in [4.78, 5) is 0. The first kappa shape index (κ1) is 21.2. The van der Waals surface area contributed by atoms with E-state index in [0.29, 0.717) is 0 Å². The molecule has 168 valence electrons. The van der Waals surface area contributed by atoms with Crippen molar-refractivity contribution in [3.8, 4) is 33.4 Å². The zero-order valence-electron chi connectivity index (χ0n) is 18.6. The van der Waals surface area contributed by atoms with Crippen molar-refractivity contribution in [3.63, 3.8) is 0 Å². The van der Waals surface area contributed by atoms with Crippen LogP contribution in [0.15, 0.2) is 115 Å². The van der Waals surface area contributed by atoms with Crippen molar-refractivity contribution in [2.75, 3.05) is 0 Å². The summed E-state index contributed by atoms with van der Waals surface area (Å²) in [6.07, 6.45) is 0. The van der Waals surface area contributed by atoms with Crippen LogP contribution < -0.4 is 0 Å². The van der Waals surface area contributed by atoms with Crippen LogP contribution in [0.25, 0.3) is 54.9 Å². The maximum absolute atomic E-state index is 13.9. The molecule has 35 heavy (non-hydrogen) atoms. The van der Waals surface area contributed by atoms with Crippen LogP contribution in [0.2, 0.25) is 0 Å². The molecule has 0 radical (unpaired) electrons. The minimum Gasteiger partial charge on any atom is -0.207 e. The summed E-state index contributed by atoms with van der Waals surface area (Å²) in [5, 5.41) is 4.20. The van der Waals surface area contributed by atoms with Crippen LogP contribution in [0.3, 0.4) is 0 Å². The van der Waals surface area contributed by atoms with Crippen LogP contribution in [-0.4, -0.2) is 0 Å². The molecular formula is C32H19F3. The number of rotatable bonds is 3. The third kappa shape index (κ3) is 3.85. The molecule has 6 rings (SSSR count). The Bertz CT molecular complexity index is 1680. The van der Waals surface area contributed by atoms with Crippen molar-refractivity contribution in [1.82, 2.24) is 0 Å². The summed E-state index contributed by atoms with van der Waals surface area (Å²) in [7, 11) is 0. The first-order valence-corrected chi connectivity index (χ1v) is 11.3. The molecule has 0 saturated carbocycles. The van der Waals surface area contributed by atoms with Gasteiger partial charge in [0, 0.05) is 0 Å². The maximum Gasteiger partial charge on any atom is 0.123 e. The van der Waals surface area contributed by atoms with Gasteiger partial charge in [-0.25, -0.2) is 13.2 Å². The van der Waals surface area contributed by atoms with E-state index < -0.39 is 0 Å². The molecule has 0 unspecified atom stereocenters. The van der Waals surface area contributed by atoms with Crippen LogP contribution in [0, 0.1) is 17.5 Å². The van der Waals surface area contributed by atoms with Gasteiger partial charge in [0.25, 0.3) is 0 Å². The zero-order valence-corrected chi connectivity index (χ0v) is 18.6. The summed E-state index contributed by atoms with van der Waals surface area (Å²) in [5.74, 6) is -0.962. The van der Waals surface area contributed by atoms with Gasteiger partial charge in [-0.3, -0.25) is 0 Å². The largest absolute Gasteiger partial charge is 0.207 e. The van der Waals surface area contributed by atoms with Crippen molar-refractivity contribution in [1.29, 1.82) is 0 Å². The predicted molar refractivity (Wildman–Crippen MR) is 138 cm³/mol. The highest BCUT2D eigenvalue weighted by Gasteiger charge is 2.19. The lowest BCUT2D eigenvalue weighted by atomic mass is 9.83. The fourth-order valence-electron chi connectivity index (χ4n) is 4.78. The van der Waals surface area contributed by atoms with Gasteiger partial charge >= 0.3 is 0 Å². The van der Waals surface area contributed by atoms with Crippen molar-refractivity contribution in [3.05, 3.63) is 133 Å². The quantitative estimate of drug-likeness (QED) is 0.231. The topological polar surface area (TPSA) is 0 Å². The molecule has 0 N–H and O–H groups in total. The number of fused-ring (bicyclic) bond motifs is 2. The average Bonchev–Trinajstić information content (AvgIpc) is 2.88. The average molecular weight is 460 g/mol. The van der Waals surface area contributed by atoms with E-state index in [0.717, 1.165) is 54.9 Å². The first-order valence-electron chi connectivity index (χ1n) is 11.3. The SMILES string of the molecule is Fc1ccc(-c2cc3cc4ccccc4cc3c(-c3ccc(F)cc3)c2-c2ccc(F)cc2)cc1. The first-order chi connectivity index (χ1) is 17.1. The molecule has 0 atom stereocenters. The van der Waals surface area contributed by atoms with Crippen molar-refractivity contribution >= 4 is 21.5 Å². The molecule has 0 heterocycles. The molecule has 0 bridgehead atoms. The van der Waals surface area contributed by atoms with Crippen LogP contribution >= 0.6 is 0 Å². The highest BCUT2D eigenvalue weighted by atomic mass is 19.1. The second kappa shape index (κ2) is 8.44. The van der Waals surface area contributed by atoms with Crippen LogP contribution in [0.4, 0.5) is 13.2 Å². The Morgan fingerprint density at radius 3 is 1.37 bits per heavy atom. The van der Waals surface area contributed by atoms with E-state index in [2.05, 4.69) is 30.3 Å². The minimum atomic E-state index is -0.327. The van der Waals surface area contributed by atoms with E-state index in [4.69, 9.17) is 0 Å². The molecule has 0 aliphatic rings. The van der Waals surface area contributed by atoms with E-state index >= 15 is 0 Å². The van der Waals surface area contributed by atoms with Crippen LogP contribution in [0.1, 0.15) is 0 Å². The highest BCUT2D eigenvalue weighted by molar-refractivity contribution is 6.13. The molecular weight excluding hydrogens is 441 g/mol. The molecule has 0 aliphatic heterocycles. The van der Waals surface area contributed by atoms with Gasteiger partial charge in [-0.05, 0) is 110 Å². The van der Waals surface area contributed by atoms with E-state index in [1.165, 1.54) is 36.4 Å². The van der Waals surface area contributed by atoms with Crippen molar-refractivity contribution in [2.45, 2.75) is 0 Å². The summed E-state index contributed by atoms with van der Waals surface area (Å²) >= 11 is 0. The van der Waals surface area contributed by atoms with Gasteiger partial charge in [0.15, 0.2) is 0 Å². The minimum absolute atomic E-state index is 0.317. The molecule has 0 nitrogen and oxygen atoms in total. The smallest absolute Gasteiger partial charge is 0.123 e. The fraction of sp³-hybridized carbons (Fsp3) is 0. The summed E-state index contributed by atoms with van der Waals surface area (Å²) in [6, 6.07) is 33.7. The second-order valence-corrected chi connectivity index (χ2v) is 8.62. The van der Waals surface area contributed by atoms with E-state index in [1.807, 2.05) is 12.1 Å². The number of hydrogen-bond donors (Lipinski definition) is 0. The van der Waals surface area contributed by atoms with Crippen molar-refractivity contribution < 1.29 is 13.2 Å². The Morgan fingerprint density at radius 2 is 0.829 bits per heavy atom. The van der Waals surface area contributed by atoms with Crippen molar-refractivity contribution in [2.24, 2.45) is 0 Å². The number of halogens is 3. The summed E-state index contributed by atoms with van der Waals surface area (Å²) in [5.41, 5.74) is 5.18. The number of benzene rings is 6.